The molecule has 0 aromatic heterocycles. The maximum Gasteiger partial charge on any atom is 0.339 e. The van der Waals surface area contributed by atoms with E-state index in [-0.39, 0.29) is 17.5 Å². The molecular weight excluding hydrogens is 313 g/mol. The van der Waals surface area contributed by atoms with Gasteiger partial charge in [-0.05, 0) is 17.7 Å². The third-order valence-corrected chi connectivity index (χ3v) is 4.37. The van der Waals surface area contributed by atoms with E-state index in [0.717, 1.165) is 0 Å². The van der Waals surface area contributed by atoms with Gasteiger partial charge in [-0.25, -0.2) is 9.18 Å². The van der Waals surface area contributed by atoms with Crippen LogP contribution in [0, 0.1) is 5.92 Å². The van der Waals surface area contributed by atoms with Gasteiger partial charge in [0.05, 0.1) is 11.1 Å². The minimum atomic E-state index is -1.81. The van der Waals surface area contributed by atoms with Crippen molar-refractivity contribution >= 4 is 17.8 Å². The smallest absolute Gasteiger partial charge is 0.329 e. The Morgan fingerprint density at radius 2 is 1.54 bits per heavy atom. The molecule has 1 heterocycles. The molecule has 0 saturated heterocycles. The van der Waals surface area contributed by atoms with Crippen molar-refractivity contribution in [3.05, 3.63) is 71.3 Å². The van der Waals surface area contributed by atoms with E-state index in [1.807, 2.05) is 0 Å². The molecule has 0 spiro atoms. The Morgan fingerprint density at radius 1 is 1.00 bits per heavy atom. The van der Waals surface area contributed by atoms with Crippen LogP contribution in [-0.2, 0) is 15.3 Å². The highest BCUT2D eigenvalue weighted by Crippen LogP contribution is 2.56. The largest absolute Gasteiger partial charge is 0.339 e. The highest BCUT2D eigenvalue weighted by molar-refractivity contribution is 6.20. The maximum absolute atomic E-state index is 14.8. The number of alkyl halides is 1. The van der Waals surface area contributed by atoms with Gasteiger partial charge in [0.2, 0.25) is 0 Å². The zero-order valence-corrected chi connectivity index (χ0v) is 12.4. The summed E-state index contributed by atoms with van der Waals surface area (Å²) in [4.78, 5) is 41.4. The number of hydrogen-bond acceptors (Lipinski definition) is 4. The van der Waals surface area contributed by atoms with Gasteiger partial charge in [-0.1, -0.05) is 47.5 Å². The molecule has 1 saturated carbocycles. The molecule has 1 fully saturated rings. The van der Waals surface area contributed by atoms with Crippen molar-refractivity contribution in [2.24, 2.45) is 5.92 Å². The molecule has 2 amide bonds. The number of hydrogen-bond donors (Lipinski definition) is 0. The van der Waals surface area contributed by atoms with Gasteiger partial charge in [-0.2, -0.15) is 0 Å². The fourth-order valence-corrected chi connectivity index (χ4v) is 2.95. The number of carbonyl (C=O) groups excluding carboxylic acids is 3. The van der Waals surface area contributed by atoms with Crippen molar-refractivity contribution in [2.45, 2.75) is 12.1 Å². The molecule has 2 aromatic rings. The molecule has 24 heavy (non-hydrogen) atoms. The Hall–Kier alpha value is -3.02. The first-order valence-corrected chi connectivity index (χ1v) is 7.46. The molecule has 6 heteroatoms. The van der Waals surface area contributed by atoms with Crippen molar-refractivity contribution in [1.29, 1.82) is 0 Å². The number of amides is 2. The second-order valence-corrected chi connectivity index (χ2v) is 5.85. The number of carbonyl (C=O) groups is 3. The second kappa shape index (κ2) is 4.99. The Morgan fingerprint density at radius 3 is 2.12 bits per heavy atom. The van der Waals surface area contributed by atoms with E-state index in [1.165, 1.54) is 12.1 Å². The molecular formula is C18H12FNO4. The number of rotatable bonds is 3. The predicted octanol–water partition coefficient (Wildman–Crippen LogP) is 2.63. The molecule has 5 nitrogen and oxygen atoms in total. The topological polar surface area (TPSA) is 63.7 Å². The molecule has 2 atom stereocenters. The van der Waals surface area contributed by atoms with Gasteiger partial charge in [0.25, 0.3) is 11.8 Å². The summed E-state index contributed by atoms with van der Waals surface area (Å²) >= 11 is 0. The zero-order chi connectivity index (χ0) is 16.9. The summed E-state index contributed by atoms with van der Waals surface area (Å²) < 4.78 is 14.8. The molecule has 1 aliphatic heterocycles. The van der Waals surface area contributed by atoms with Gasteiger partial charge >= 0.3 is 5.97 Å². The van der Waals surface area contributed by atoms with E-state index >= 15 is 0 Å². The molecule has 1 aliphatic carbocycles. The second-order valence-electron chi connectivity index (χ2n) is 5.85. The first-order valence-electron chi connectivity index (χ1n) is 7.46. The Balaban J connectivity index is 1.51. The lowest BCUT2D eigenvalue weighted by Crippen LogP contribution is -2.34. The van der Waals surface area contributed by atoms with Crippen LogP contribution >= 0.6 is 0 Å². The van der Waals surface area contributed by atoms with Gasteiger partial charge in [0, 0.05) is 6.42 Å². The van der Waals surface area contributed by atoms with E-state index in [4.69, 9.17) is 4.84 Å². The quantitative estimate of drug-likeness (QED) is 0.814. The van der Waals surface area contributed by atoms with E-state index in [2.05, 4.69) is 0 Å². The minimum Gasteiger partial charge on any atom is -0.329 e. The molecule has 2 unspecified atom stereocenters. The van der Waals surface area contributed by atoms with Crippen LogP contribution in [0.25, 0.3) is 0 Å². The van der Waals surface area contributed by atoms with Gasteiger partial charge in [0.15, 0.2) is 0 Å². The average Bonchev–Trinajstić information content (AvgIpc) is 3.26. The molecule has 2 aromatic carbocycles. The van der Waals surface area contributed by atoms with Crippen LogP contribution in [0.4, 0.5) is 4.39 Å². The summed E-state index contributed by atoms with van der Waals surface area (Å²) in [5.74, 6) is -3.37. The molecule has 2 aliphatic rings. The van der Waals surface area contributed by atoms with E-state index in [0.29, 0.717) is 10.6 Å². The highest BCUT2D eigenvalue weighted by atomic mass is 19.1. The van der Waals surface area contributed by atoms with Crippen LogP contribution in [0.2, 0.25) is 0 Å². The SMILES string of the molecule is O=C(ON1C(=O)c2ccccc2C1=O)C1CC1(F)c1ccccc1. The van der Waals surface area contributed by atoms with Crippen molar-refractivity contribution in [3.63, 3.8) is 0 Å². The molecule has 0 bridgehead atoms. The first-order chi connectivity index (χ1) is 11.5. The molecule has 120 valence electrons. The predicted molar refractivity (Wildman–Crippen MR) is 80.4 cm³/mol. The monoisotopic (exact) mass is 325 g/mol. The highest BCUT2D eigenvalue weighted by Gasteiger charge is 2.62. The van der Waals surface area contributed by atoms with Crippen LogP contribution < -0.4 is 0 Å². The third-order valence-electron chi connectivity index (χ3n) is 4.37. The summed E-state index contributed by atoms with van der Waals surface area (Å²) in [5.41, 5.74) is -1.09. The molecule has 4 rings (SSSR count). The zero-order valence-electron chi connectivity index (χ0n) is 12.4. The van der Waals surface area contributed by atoms with E-state index < -0.39 is 29.4 Å². The molecule has 0 N–H and O–H groups in total. The number of hydroxylamine groups is 2. The Kier molecular flexibility index (Phi) is 3.03. The number of benzene rings is 2. The number of imide groups is 1. The molecule has 0 radical (unpaired) electrons. The summed E-state index contributed by atoms with van der Waals surface area (Å²) in [6.45, 7) is 0. The first kappa shape index (κ1) is 14.6. The maximum atomic E-state index is 14.8. The van der Waals surface area contributed by atoms with E-state index in [9.17, 15) is 18.8 Å². The fraction of sp³-hybridized carbons (Fsp3) is 0.167. The average molecular weight is 325 g/mol. The standard InChI is InChI=1S/C18H12FNO4/c19-18(11-6-2-1-3-7-11)10-14(18)17(23)24-20-15(21)12-8-4-5-9-13(12)16(20)22/h1-9,14H,10H2. The van der Waals surface area contributed by atoms with Crippen LogP contribution in [-0.4, -0.2) is 22.8 Å². The van der Waals surface area contributed by atoms with E-state index in [1.54, 1.807) is 42.5 Å². The van der Waals surface area contributed by atoms with Gasteiger partial charge in [-0.15, -0.1) is 0 Å². The van der Waals surface area contributed by atoms with Gasteiger partial charge in [-0.3, -0.25) is 9.59 Å². The Bertz CT molecular complexity index is 831. The van der Waals surface area contributed by atoms with Gasteiger partial charge < -0.3 is 4.84 Å². The Labute approximate surface area is 136 Å². The third kappa shape index (κ3) is 2.03. The number of nitrogens with zero attached hydrogens (tertiary/aromatic N) is 1. The fourth-order valence-electron chi connectivity index (χ4n) is 2.95. The lowest BCUT2D eigenvalue weighted by molar-refractivity contribution is -0.171. The van der Waals surface area contributed by atoms with Crippen LogP contribution in [0.5, 0.6) is 0 Å². The summed E-state index contributed by atoms with van der Waals surface area (Å²) in [7, 11) is 0. The number of halogens is 1. The van der Waals surface area contributed by atoms with Crippen LogP contribution in [0.15, 0.2) is 54.6 Å². The summed E-state index contributed by atoms with van der Waals surface area (Å²) in [6, 6.07) is 14.5. The van der Waals surface area contributed by atoms with Crippen LogP contribution in [0.1, 0.15) is 32.7 Å². The normalized spacial score (nSPS) is 24.7. The lowest BCUT2D eigenvalue weighted by Gasteiger charge is -2.13. The van der Waals surface area contributed by atoms with Crippen molar-refractivity contribution in [3.8, 4) is 0 Å². The van der Waals surface area contributed by atoms with Crippen molar-refractivity contribution in [1.82, 2.24) is 5.06 Å². The van der Waals surface area contributed by atoms with Crippen molar-refractivity contribution in [2.75, 3.05) is 0 Å². The number of fused-ring (bicyclic) bond motifs is 1. The van der Waals surface area contributed by atoms with Gasteiger partial charge in [0.1, 0.15) is 11.6 Å². The summed E-state index contributed by atoms with van der Waals surface area (Å²) in [6.07, 6.45) is -0.0288. The van der Waals surface area contributed by atoms with Crippen molar-refractivity contribution < 1.29 is 23.6 Å². The minimum absolute atomic E-state index is 0.0288. The summed E-state index contributed by atoms with van der Waals surface area (Å²) in [5, 5.41) is 0.413. The lowest BCUT2D eigenvalue weighted by atomic mass is 10.1. The van der Waals surface area contributed by atoms with Crippen LogP contribution in [0.3, 0.4) is 0 Å².